The second-order valence-electron chi connectivity index (χ2n) is 4.80. The summed E-state index contributed by atoms with van der Waals surface area (Å²) < 4.78 is 5.68. The first kappa shape index (κ1) is 11.7. The Kier molecular flexibility index (Phi) is 3.13. The first-order valence-electron chi connectivity index (χ1n) is 5.74. The van der Waals surface area contributed by atoms with Crippen molar-refractivity contribution in [1.29, 1.82) is 0 Å². The fourth-order valence-corrected chi connectivity index (χ4v) is 2.10. The molecule has 0 spiro atoms. The minimum Gasteiger partial charge on any atom is -0.489 e. The van der Waals surface area contributed by atoms with Crippen LogP contribution in [0.4, 0.5) is 0 Å². The molecule has 0 heterocycles. The molecular formula is C13H18ClNO. The van der Waals surface area contributed by atoms with Crippen molar-refractivity contribution in [2.24, 2.45) is 5.73 Å². The molecule has 1 aromatic rings. The Morgan fingerprint density at radius 3 is 2.62 bits per heavy atom. The summed E-state index contributed by atoms with van der Waals surface area (Å²) in [6, 6.07) is 6.02. The van der Waals surface area contributed by atoms with Crippen LogP contribution in [0, 0.1) is 0 Å². The van der Waals surface area contributed by atoms with Gasteiger partial charge in [0.05, 0.1) is 11.1 Å². The van der Waals surface area contributed by atoms with Crippen molar-refractivity contribution >= 4 is 11.6 Å². The van der Waals surface area contributed by atoms with Crippen LogP contribution < -0.4 is 10.5 Å². The predicted molar refractivity (Wildman–Crippen MR) is 67.2 cm³/mol. The highest BCUT2D eigenvalue weighted by molar-refractivity contribution is 6.32. The minimum atomic E-state index is 0.140. The van der Waals surface area contributed by atoms with Crippen LogP contribution in [0.1, 0.15) is 32.3 Å². The van der Waals surface area contributed by atoms with Crippen molar-refractivity contribution in [3.05, 3.63) is 28.8 Å². The molecule has 1 aliphatic carbocycles. The molecule has 1 aromatic carbocycles. The van der Waals surface area contributed by atoms with E-state index in [-0.39, 0.29) is 11.5 Å². The summed E-state index contributed by atoms with van der Waals surface area (Å²) in [7, 11) is 0. The van der Waals surface area contributed by atoms with Gasteiger partial charge in [-0.25, -0.2) is 0 Å². The summed E-state index contributed by atoms with van der Waals surface area (Å²) in [5.41, 5.74) is 7.27. The molecule has 0 aromatic heterocycles. The number of hydrogen-bond donors (Lipinski definition) is 1. The molecule has 0 aliphatic heterocycles. The lowest BCUT2D eigenvalue weighted by Crippen LogP contribution is -2.19. The Hall–Kier alpha value is -0.730. The zero-order valence-corrected chi connectivity index (χ0v) is 10.6. The highest BCUT2D eigenvalue weighted by atomic mass is 35.5. The van der Waals surface area contributed by atoms with Crippen LogP contribution in [0.3, 0.4) is 0 Å². The smallest absolute Gasteiger partial charge is 0.138 e. The number of ether oxygens (including phenoxy) is 1. The molecule has 88 valence electrons. The van der Waals surface area contributed by atoms with Crippen LogP contribution >= 0.6 is 11.6 Å². The van der Waals surface area contributed by atoms with Gasteiger partial charge in [0.15, 0.2) is 0 Å². The number of nitrogens with two attached hydrogens (primary N) is 1. The maximum atomic E-state index is 6.10. The molecule has 3 heteroatoms. The van der Waals surface area contributed by atoms with Gasteiger partial charge in [0.2, 0.25) is 0 Å². The molecule has 0 bridgehead atoms. The Bertz CT molecular complexity index is 386. The second-order valence-corrected chi connectivity index (χ2v) is 5.20. The van der Waals surface area contributed by atoms with Gasteiger partial charge in [0.1, 0.15) is 5.75 Å². The van der Waals surface area contributed by atoms with E-state index in [0.717, 1.165) is 5.75 Å². The van der Waals surface area contributed by atoms with Gasteiger partial charge in [-0.1, -0.05) is 17.7 Å². The molecule has 2 rings (SSSR count). The third-order valence-electron chi connectivity index (χ3n) is 3.15. The van der Waals surface area contributed by atoms with Gasteiger partial charge in [-0.3, -0.25) is 0 Å². The lowest BCUT2D eigenvalue weighted by molar-refractivity contribution is 0.242. The second kappa shape index (κ2) is 4.27. The molecule has 0 radical (unpaired) electrons. The fourth-order valence-electron chi connectivity index (χ4n) is 1.94. The molecule has 1 saturated carbocycles. The van der Waals surface area contributed by atoms with Crippen LogP contribution in [-0.2, 0) is 5.41 Å². The van der Waals surface area contributed by atoms with E-state index in [1.54, 1.807) is 0 Å². The molecular weight excluding hydrogens is 222 g/mol. The summed E-state index contributed by atoms with van der Waals surface area (Å²) >= 11 is 6.10. The third kappa shape index (κ3) is 2.18. The van der Waals surface area contributed by atoms with Crippen molar-refractivity contribution in [1.82, 2.24) is 0 Å². The van der Waals surface area contributed by atoms with Gasteiger partial charge in [0, 0.05) is 12.0 Å². The van der Waals surface area contributed by atoms with Gasteiger partial charge >= 0.3 is 0 Å². The van der Waals surface area contributed by atoms with Crippen LogP contribution in [-0.4, -0.2) is 12.6 Å². The maximum absolute atomic E-state index is 6.10. The molecule has 0 atom stereocenters. The van der Waals surface area contributed by atoms with Crippen LogP contribution in [0.25, 0.3) is 0 Å². The number of benzene rings is 1. The Morgan fingerprint density at radius 2 is 2.12 bits per heavy atom. The average Bonchev–Trinajstić information content (AvgIpc) is 3.01. The van der Waals surface area contributed by atoms with E-state index in [4.69, 9.17) is 22.1 Å². The van der Waals surface area contributed by atoms with Gasteiger partial charge in [-0.2, -0.15) is 0 Å². The molecule has 1 aliphatic rings. The third-order valence-corrected chi connectivity index (χ3v) is 3.46. The fraction of sp³-hybridized carbons (Fsp3) is 0.538. The number of halogens is 1. The normalized spacial score (nSPS) is 17.6. The summed E-state index contributed by atoms with van der Waals surface area (Å²) in [5.74, 6) is 0.772. The average molecular weight is 240 g/mol. The van der Waals surface area contributed by atoms with E-state index < -0.39 is 0 Å². The van der Waals surface area contributed by atoms with Crippen LogP contribution in [0.5, 0.6) is 5.75 Å². The SMILES string of the molecule is CC(C)Oc1cc(C2(CN)CC2)ccc1Cl. The van der Waals surface area contributed by atoms with Crippen LogP contribution in [0.2, 0.25) is 5.02 Å². The molecule has 0 saturated heterocycles. The molecule has 0 amide bonds. The summed E-state index contributed by atoms with van der Waals surface area (Å²) in [6.07, 6.45) is 2.49. The number of hydrogen-bond acceptors (Lipinski definition) is 2. The largest absolute Gasteiger partial charge is 0.489 e. The van der Waals surface area contributed by atoms with Crippen molar-refractivity contribution in [2.45, 2.75) is 38.2 Å². The molecule has 2 nitrogen and oxygen atoms in total. The molecule has 0 unspecified atom stereocenters. The standard InChI is InChI=1S/C13H18ClNO/c1-9(2)16-12-7-10(3-4-11(12)14)13(8-15)5-6-13/h3-4,7,9H,5-6,8,15H2,1-2H3. The van der Waals surface area contributed by atoms with Gasteiger partial charge in [0.25, 0.3) is 0 Å². The van der Waals surface area contributed by atoms with E-state index in [1.807, 2.05) is 26.0 Å². The van der Waals surface area contributed by atoms with E-state index in [1.165, 1.54) is 18.4 Å². The minimum absolute atomic E-state index is 0.140. The number of rotatable bonds is 4. The van der Waals surface area contributed by atoms with Gasteiger partial charge in [-0.15, -0.1) is 0 Å². The van der Waals surface area contributed by atoms with E-state index in [2.05, 4.69) is 6.07 Å². The van der Waals surface area contributed by atoms with Crippen LogP contribution in [0.15, 0.2) is 18.2 Å². The first-order valence-corrected chi connectivity index (χ1v) is 6.12. The quantitative estimate of drug-likeness (QED) is 0.876. The zero-order valence-electron chi connectivity index (χ0n) is 9.79. The monoisotopic (exact) mass is 239 g/mol. The van der Waals surface area contributed by atoms with Crippen molar-refractivity contribution in [2.75, 3.05) is 6.54 Å². The molecule has 1 fully saturated rings. The van der Waals surface area contributed by atoms with Gasteiger partial charge in [-0.05, 0) is 44.4 Å². The lowest BCUT2D eigenvalue weighted by atomic mass is 9.96. The highest BCUT2D eigenvalue weighted by Crippen LogP contribution is 2.48. The zero-order chi connectivity index (χ0) is 11.8. The summed E-state index contributed by atoms with van der Waals surface area (Å²) in [6.45, 7) is 4.70. The van der Waals surface area contributed by atoms with E-state index >= 15 is 0 Å². The van der Waals surface area contributed by atoms with Gasteiger partial charge < -0.3 is 10.5 Å². The maximum Gasteiger partial charge on any atom is 0.138 e. The lowest BCUT2D eigenvalue weighted by Gasteiger charge is -2.17. The Morgan fingerprint density at radius 1 is 1.44 bits per heavy atom. The van der Waals surface area contributed by atoms with Crippen molar-refractivity contribution in [3.63, 3.8) is 0 Å². The van der Waals surface area contributed by atoms with E-state index in [9.17, 15) is 0 Å². The summed E-state index contributed by atoms with van der Waals surface area (Å²) in [4.78, 5) is 0. The predicted octanol–water partition coefficient (Wildman–Crippen LogP) is 3.12. The first-order chi connectivity index (χ1) is 7.57. The Balaban J connectivity index is 2.28. The Labute approximate surface area is 102 Å². The van der Waals surface area contributed by atoms with E-state index in [0.29, 0.717) is 11.6 Å². The molecule has 16 heavy (non-hydrogen) atoms. The van der Waals surface area contributed by atoms with Crippen molar-refractivity contribution in [3.8, 4) is 5.75 Å². The molecule has 2 N–H and O–H groups in total. The topological polar surface area (TPSA) is 35.2 Å². The highest BCUT2D eigenvalue weighted by Gasteiger charge is 2.43. The van der Waals surface area contributed by atoms with Crippen molar-refractivity contribution < 1.29 is 4.74 Å². The summed E-state index contributed by atoms with van der Waals surface area (Å²) in [5, 5.41) is 0.672.